The van der Waals surface area contributed by atoms with Gasteiger partial charge in [0.1, 0.15) is 0 Å². The van der Waals surface area contributed by atoms with Crippen LogP contribution in [0.25, 0.3) is 14.6 Å². The summed E-state index contributed by atoms with van der Waals surface area (Å²) >= 11 is 0. The molecule has 0 fully saturated rings. The van der Waals surface area contributed by atoms with Crippen molar-refractivity contribution >= 4 is 32.9 Å². The van der Waals surface area contributed by atoms with Gasteiger partial charge in [0.05, 0.1) is 5.69 Å². The maximum Gasteiger partial charge on any atom is 3.00 e. The second-order valence-electron chi connectivity index (χ2n) is 12.2. The summed E-state index contributed by atoms with van der Waals surface area (Å²) in [6, 6.07) is 6.12. The fourth-order valence-electron chi connectivity index (χ4n) is 3.05. The van der Waals surface area contributed by atoms with Crippen LogP contribution in [0, 0.1) is 0 Å². The molecule has 0 aliphatic carbocycles. The molecule has 1 heterocycles. The van der Waals surface area contributed by atoms with E-state index in [4.69, 9.17) is 14.6 Å². The van der Waals surface area contributed by atoms with Gasteiger partial charge in [-0.2, -0.15) is 0 Å². The Morgan fingerprint density at radius 1 is 0.688 bits per heavy atom. The number of aromatic nitrogens is 1. The number of hydrogen-bond donors (Lipinski definition) is 0. The molecule has 0 saturated carbocycles. The average Bonchev–Trinajstić information content (AvgIpc) is 2.50. The first-order valence-electron chi connectivity index (χ1n) is 11.6. The minimum absolute atomic E-state index is 0. The van der Waals surface area contributed by atoms with Crippen LogP contribution in [-0.2, 0) is 39.3 Å². The van der Waals surface area contributed by atoms with Gasteiger partial charge >= 0.3 is 32.7 Å². The minimum Gasteiger partial charge on any atom is -0.668 e. The average molecular weight is 586 g/mol. The van der Waals surface area contributed by atoms with Crippen molar-refractivity contribution in [1.82, 2.24) is 9.88 Å². The quantitative estimate of drug-likeness (QED) is 0.241. The van der Waals surface area contributed by atoms with Gasteiger partial charge in [-0.25, -0.2) is 0 Å². The molecule has 0 spiro atoms. The first-order chi connectivity index (χ1) is 13.9. The van der Waals surface area contributed by atoms with Crippen molar-refractivity contribution in [2.45, 2.75) is 85.1 Å². The molecule has 5 nitrogen and oxygen atoms in total. The smallest absolute Gasteiger partial charge is 0.668 e. The zero-order valence-electron chi connectivity index (χ0n) is 23.2. The van der Waals surface area contributed by atoms with Crippen molar-refractivity contribution in [3.8, 4) is 0 Å². The molecular formula is C22H50N5Si4Y. The van der Waals surface area contributed by atoms with E-state index in [1.54, 1.807) is 0 Å². The molecule has 0 aliphatic heterocycles. The molecule has 182 valence electrons. The van der Waals surface area contributed by atoms with Crippen molar-refractivity contribution in [3.63, 3.8) is 0 Å². The van der Waals surface area contributed by atoms with Crippen molar-refractivity contribution in [2.75, 3.05) is 26.2 Å². The van der Waals surface area contributed by atoms with Gasteiger partial charge < -0.3 is 19.5 Å². The number of rotatable bonds is 12. The first-order valence-corrected chi connectivity index (χ1v) is 25.4. The van der Waals surface area contributed by atoms with E-state index in [1.807, 2.05) is 12.3 Å². The van der Waals surface area contributed by atoms with Crippen LogP contribution in [-0.4, -0.2) is 69.0 Å². The summed E-state index contributed by atoms with van der Waals surface area (Å²) in [5.41, 5.74) is 1.13. The van der Waals surface area contributed by atoms with E-state index in [9.17, 15) is 0 Å². The molecule has 32 heavy (non-hydrogen) atoms. The van der Waals surface area contributed by atoms with Crippen LogP contribution < -0.4 is 0 Å². The Kier molecular flexibility index (Phi) is 17.4. The Labute approximate surface area is 229 Å². The largest absolute Gasteiger partial charge is 3.00 e. The van der Waals surface area contributed by atoms with Crippen molar-refractivity contribution < 1.29 is 32.7 Å². The summed E-state index contributed by atoms with van der Waals surface area (Å²) < 4.78 is 4.82. The van der Waals surface area contributed by atoms with Crippen molar-refractivity contribution in [1.29, 1.82) is 0 Å². The van der Waals surface area contributed by atoms with Gasteiger partial charge in [0.15, 0.2) is 0 Å². The second-order valence-corrected chi connectivity index (χ2v) is 31.0. The monoisotopic (exact) mass is 585 g/mol. The maximum atomic E-state index is 4.85. The molecule has 0 saturated heterocycles. The summed E-state index contributed by atoms with van der Waals surface area (Å²) in [6.45, 7) is 32.3. The third-order valence-electron chi connectivity index (χ3n) is 3.79. The fraction of sp³-hybridized carbons (Fsp3) is 0.773. The summed E-state index contributed by atoms with van der Waals surface area (Å²) in [4.78, 5) is 16.6. The molecular weight excluding hydrogens is 536 g/mol. The Hall–Kier alpha value is 0.961. The molecule has 0 unspecified atom stereocenters. The second kappa shape index (κ2) is 15.9. The standard InChI is InChI=1S/C16H32N4Si2.C6H18NSi2.Y/c1-21(2,3)18-11-13-20(14-12-19-22(4,5)6)15-16-9-7-8-10-17-16;1-8(2,3)7-9(4,5)6;/h7-10H,11-15H2,1-6H3;1-6H3;/q-2;-1;+3. The van der Waals surface area contributed by atoms with Crippen LogP contribution in [0.2, 0.25) is 78.6 Å². The molecule has 0 aromatic carbocycles. The molecule has 0 N–H and O–H groups in total. The van der Waals surface area contributed by atoms with Crippen LogP contribution in [0.15, 0.2) is 24.4 Å². The summed E-state index contributed by atoms with van der Waals surface area (Å²) in [5.74, 6) is 0. The van der Waals surface area contributed by atoms with Gasteiger partial charge in [-0.15, -0.1) is 13.1 Å². The minimum atomic E-state index is -1.31. The van der Waals surface area contributed by atoms with Crippen LogP contribution in [0.3, 0.4) is 0 Å². The van der Waals surface area contributed by atoms with E-state index in [0.29, 0.717) is 0 Å². The number of nitrogens with zero attached hydrogens (tertiary/aromatic N) is 5. The van der Waals surface area contributed by atoms with Crippen molar-refractivity contribution in [2.24, 2.45) is 0 Å². The zero-order chi connectivity index (χ0) is 24.3. The zero-order valence-corrected chi connectivity index (χ0v) is 30.0. The summed E-state index contributed by atoms with van der Waals surface area (Å²) in [7, 11) is -4.83. The van der Waals surface area contributed by atoms with Crippen LogP contribution in [0.1, 0.15) is 5.69 Å². The molecule has 1 aromatic heterocycles. The predicted octanol–water partition coefficient (Wildman–Crippen LogP) is 7.33. The van der Waals surface area contributed by atoms with Crippen LogP contribution >= 0.6 is 0 Å². The Bertz CT molecular complexity index is 562. The molecule has 1 aromatic rings. The van der Waals surface area contributed by atoms with Gasteiger partial charge in [-0.1, -0.05) is 118 Å². The maximum absolute atomic E-state index is 4.85. The normalized spacial score (nSPS) is 12.8. The van der Waals surface area contributed by atoms with E-state index in [2.05, 4.69) is 101 Å². The first kappa shape index (κ1) is 35.1. The summed E-state index contributed by atoms with van der Waals surface area (Å²) in [6.07, 6.45) is 1.87. The van der Waals surface area contributed by atoms with Gasteiger partial charge in [0, 0.05) is 12.7 Å². The van der Waals surface area contributed by atoms with Gasteiger partial charge in [-0.3, -0.25) is 4.98 Å². The SMILES string of the molecule is C[Si](C)(C)[N-]CCN(CC[N-][Si](C)(C)C)Cc1ccccn1.C[Si](C)(C)[N-][Si](C)(C)C.[Y+3]. The molecule has 0 bridgehead atoms. The molecule has 0 amide bonds. The third-order valence-corrected chi connectivity index (χ3v) is 11.5. The van der Waals surface area contributed by atoms with Crippen LogP contribution in [0.4, 0.5) is 0 Å². The van der Waals surface area contributed by atoms with Crippen molar-refractivity contribution in [3.05, 3.63) is 44.7 Å². The Balaban J connectivity index is 0. The van der Waals surface area contributed by atoms with E-state index in [0.717, 1.165) is 38.4 Å². The Morgan fingerprint density at radius 3 is 1.41 bits per heavy atom. The molecule has 1 rings (SSSR count). The summed E-state index contributed by atoms with van der Waals surface area (Å²) in [5, 5.41) is 0. The topological polar surface area (TPSA) is 58.4 Å². The fourth-order valence-corrected chi connectivity index (χ4v) is 12.6. The van der Waals surface area contributed by atoms with E-state index < -0.39 is 32.9 Å². The van der Waals surface area contributed by atoms with Gasteiger partial charge in [0.25, 0.3) is 0 Å². The third kappa shape index (κ3) is 25.6. The van der Waals surface area contributed by atoms with Gasteiger partial charge in [0.2, 0.25) is 0 Å². The van der Waals surface area contributed by atoms with E-state index >= 15 is 0 Å². The van der Waals surface area contributed by atoms with Gasteiger partial charge in [-0.05, 0) is 25.2 Å². The molecule has 0 aliphatic rings. The molecule has 0 atom stereocenters. The predicted molar refractivity (Wildman–Crippen MR) is 153 cm³/mol. The molecule has 10 heteroatoms. The number of pyridine rings is 1. The van der Waals surface area contributed by atoms with Crippen LogP contribution in [0.5, 0.6) is 0 Å². The number of hydrogen-bond acceptors (Lipinski definition) is 2. The Morgan fingerprint density at radius 2 is 1.12 bits per heavy atom. The molecule has 0 radical (unpaired) electrons. The van der Waals surface area contributed by atoms with E-state index in [1.165, 1.54) is 0 Å². The van der Waals surface area contributed by atoms with E-state index in [-0.39, 0.29) is 32.7 Å².